The lowest BCUT2D eigenvalue weighted by molar-refractivity contribution is -0.143. The molecule has 0 radical (unpaired) electrons. The molecule has 1 unspecified atom stereocenters. The number of aliphatic hydroxyl groups is 1. The Bertz CT molecular complexity index is 334. The van der Waals surface area contributed by atoms with E-state index in [0.717, 1.165) is 19.3 Å². The number of piperidine rings is 1. The van der Waals surface area contributed by atoms with Crippen molar-refractivity contribution in [2.24, 2.45) is 5.92 Å². The second kappa shape index (κ2) is 5.56. The Morgan fingerprint density at radius 3 is 2.56 bits per heavy atom. The zero-order valence-electron chi connectivity index (χ0n) is 10.4. The van der Waals surface area contributed by atoms with E-state index in [1.165, 1.54) is 0 Å². The van der Waals surface area contributed by atoms with E-state index in [0.29, 0.717) is 26.1 Å². The Labute approximate surface area is 106 Å². The largest absolute Gasteiger partial charge is 0.481 e. The number of carboxylic acid groups (broad SMARTS) is 1. The minimum absolute atomic E-state index is 0.0120. The van der Waals surface area contributed by atoms with Crippen molar-refractivity contribution in [3.63, 3.8) is 0 Å². The number of rotatable bonds is 2. The van der Waals surface area contributed by atoms with Crippen LogP contribution in [0.1, 0.15) is 25.7 Å². The Hall–Kier alpha value is -1.30. The average Bonchev–Trinajstić information content (AvgIpc) is 2.86. The van der Waals surface area contributed by atoms with Gasteiger partial charge in [-0.05, 0) is 25.7 Å². The first-order valence-corrected chi connectivity index (χ1v) is 6.52. The smallest absolute Gasteiger partial charge is 0.320 e. The molecule has 0 saturated carbocycles. The molecule has 0 spiro atoms. The third-order valence-corrected chi connectivity index (χ3v) is 3.87. The molecule has 2 saturated heterocycles. The number of carbonyl (C=O) groups is 2. The van der Waals surface area contributed by atoms with Gasteiger partial charge >= 0.3 is 12.0 Å². The molecule has 0 aromatic rings. The van der Waals surface area contributed by atoms with Crippen molar-refractivity contribution in [3.8, 4) is 0 Å². The van der Waals surface area contributed by atoms with Crippen molar-refractivity contribution in [2.45, 2.75) is 31.7 Å². The van der Waals surface area contributed by atoms with E-state index in [2.05, 4.69) is 0 Å². The van der Waals surface area contributed by atoms with E-state index in [1.807, 2.05) is 0 Å². The Kier molecular flexibility index (Phi) is 4.06. The fraction of sp³-hybridized carbons (Fsp3) is 0.833. The van der Waals surface area contributed by atoms with E-state index >= 15 is 0 Å². The predicted molar refractivity (Wildman–Crippen MR) is 64.1 cm³/mol. The molecule has 2 rings (SSSR count). The van der Waals surface area contributed by atoms with E-state index in [-0.39, 0.29) is 18.7 Å². The number of hydrogen-bond donors (Lipinski definition) is 2. The van der Waals surface area contributed by atoms with Gasteiger partial charge in [-0.1, -0.05) is 0 Å². The summed E-state index contributed by atoms with van der Waals surface area (Å²) in [5, 5.41) is 18.2. The number of aliphatic carboxylic acids is 1. The third kappa shape index (κ3) is 2.58. The zero-order chi connectivity index (χ0) is 13.1. The molecule has 2 aliphatic rings. The summed E-state index contributed by atoms with van der Waals surface area (Å²) in [5.74, 6) is -1.27. The summed E-state index contributed by atoms with van der Waals surface area (Å²) in [7, 11) is 0. The van der Waals surface area contributed by atoms with Crippen LogP contribution in [0.3, 0.4) is 0 Å². The van der Waals surface area contributed by atoms with Gasteiger partial charge in [0.05, 0.1) is 18.6 Å². The Morgan fingerprint density at radius 1 is 1.17 bits per heavy atom. The summed E-state index contributed by atoms with van der Waals surface area (Å²) in [5.41, 5.74) is 0. The van der Waals surface area contributed by atoms with Gasteiger partial charge in [-0.25, -0.2) is 4.79 Å². The van der Waals surface area contributed by atoms with Crippen LogP contribution >= 0.6 is 0 Å². The molecule has 0 aromatic carbocycles. The molecular formula is C12H20N2O4. The van der Waals surface area contributed by atoms with E-state index in [9.17, 15) is 14.7 Å². The molecule has 0 aromatic heterocycles. The van der Waals surface area contributed by atoms with Gasteiger partial charge in [-0.3, -0.25) is 4.79 Å². The van der Waals surface area contributed by atoms with E-state index in [1.54, 1.807) is 9.80 Å². The molecule has 2 amide bonds. The Morgan fingerprint density at radius 2 is 1.89 bits per heavy atom. The molecule has 102 valence electrons. The molecule has 2 atom stereocenters. The maximum atomic E-state index is 12.3. The quantitative estimate of drug-likeness (QED) is 0.747. The van der Waals surface area contributed by atoms with Gasteiger partial charge in [-0.2, -0.15) is 0 Å². The number of aliphatic hydroxyl groups excluding tert-OH is 1. The third-order valence-electron chi connectivity index (χ3n) is 3.87. The molecular weight excluding hydrogens is 236 g/mol. The maximum absolute atomic E-state index is 12.3. The molecule has 6 heteroatoms. The molecule has 2 heterocycles. The van der Waals surface area contributed by atoms with E-state index < -0.39 is 11.9 Å². The summed E-state index contributed by atoms with van der Waals surface area (Å²) in [6, 6.07) is -0.208. The number of urea groups is 1. The van der Waals surface area contributed by atoms with Crippen LogP contribution < -0.4 is 0 Å². The second-order valence-electron chi connectivity index (χ2n) is 5.08. The molecule has 0 bridgehead atoms. The summed E-state index contributed by atoms with van der Waals surface area (Å²) in [4.78, 5) is 26.6. The standard InChI is InChI=1S/C12H20N2O4/c15-8-10-4-2-6-14(10)12(18)13-5-1-3-9(7-13)11(16)17/h9-10,15H,1-8H2,(H,16,17)/t9-,10?/m0/s1. The number of carbonyl (C=O) groups excluding carboxylic acids is 1. The van der Waals surface area contributed by atoms with Crippen molar-refractivity contribution in [1.82, 2.24) is 9.80 Å². The van der Waals surface area contributed by atoms with Gasteiger partial charge in [0.15, 0.2) is 0 Å². The fourth-order valence-electron chi connectivity index (χ4n) is 2.81. The first kappa shape index (κ1) is 13.1. The maximum Gasteiger partial charge on any atom is 0.320 e. The van der Waals surface area contributed by atoms with Crippen LogP contribution in [0.5, 0.6) is 0 Å². The minimum Gasteiger partial charge on any atom is -0.481 e. The average molecular weight is 256 g/mol. The van der Waals surface area contributed by atoms with Gasteiger partial charge in [0, 0.05) is 19.6 Å². The number of amides is 2. The summed E-state index contributed by atoms with van der Waals surface area (Å²) < 4.78 is 0. The predicted octanol–water partition coefficient (Wildman–Crippen LogP) is 0.360. The molecule has 18 heavy (non-hydrogen) atoms. The monoisotopic (exact) mass is 256 g/mol. The van der Waals surface area contributed by atoms with Crippen molar-refractivity contribution in [1.29, 1.82) is 0 Å². The highest BCUT2D eigenvalue weighted by atomic mass is 16.4. The SMILES string of the molecule is O=C(O)[C@H]1CCCN(C(=O)N2CCCC2CO)C1. The molecule has 2 N–H and O–H groups in total. The Balaban J connectivity index is 1.98. The first-order valence-electron chi connectivity index (χ1n) is 6.52. The number of hydrogen-bond acceptors (Lipinski definition) is 3. The molecule has 2 fully saturated rings. The number of carboxylic acids is 1. The van der Waals surface area contributed by atoms with Crippen LogP contribution in [0.15, 0.2) is 0 Å². The highest BCUT2D eigenvalue weighted by Gasteiger charge is 2.34. The van der Waals surface area contributed by atoms with Crippen LogP contribution in [0.2, 0.25) is 0 Å². The highest BCUT2D eigenvalue weighted by molar-refractivity contribution is 5.77. The van der Waals surface area contributed by atoms with Crippen LogP contribution in [-0.4, -0.2) is 64.3 Å². The first-order chi connectivity index (χ1) is 8.63. The lowest BCUT2D eigenvalue weighted by atomic mass is 9.98. The molecule has 0 aliphatic carbocycles. The topological polar surface area (TPSA) is 81.1 Å². The van der Waals surface area contributed by atoms with Gasteiger partial charge in [0.25, 0.3) is 0 Å². The van der Waals surface area contributed by atoms with Crippen molar-refractivity contribution in [3.05, 3.63) is 0 Å². The minimum atomic E-state index is -0.826. The number of likely N-dealkylation sites (tertiary alicyclic amines) is 2. The molecule has 2 aliphatic heterocycles. The van der Waals surface area contributed by atoms with Crippen LogP contribution in [0.25, 0.3) is 0 Å². The van der Waals surface area contributed by atoms with E-state index in [4.69, 9.17) is 5.11 Å². The van der Waals surface area contributed by atoms with Crippen LogP contribution in [-0.2, 0) is 4.79 Å². The fourth-order valence-corrected chi connectivity index (χ4v) is 2.81. The molecule has 6 nitrogen and oxygen atoms in total. The summed E-state index contributed by atoms with van der Waals surface area (Å²) in [6.45, 7) is 1.57. The van der Waals surface area contributed by atoms with Gasteiger partial charge in [0.2, 0.25) is 0 Å². The lowest BCUT2D eigenvalue weighted by Gasteiger charge is -2.35. The number of nitrogens with zero attached hydrogens (tertiary/aromatic N) is 2. The van der Waals surface area contributed by atoms with Gasteiger partial charge in [-0.15, -0.1) is 0 Å². The van der Waals surface area contributed by atoms with Crippen molar-refractivity contribution in [2.75, 3.05) is 26.2 Å². The van der Waals surface area contributed by atoms with Crippen molar-refractivity contribution >= 4 is 12.0 Å². The lowest BCUT2D eigenvalue weighted by Crippen LogP contribution is -2.50. The van der Waals surface area contributed by atoms with Gasteiger partial charge < -0.3 is 20.0 Å². The highest BCUT2D eigenvalue weighted by Crippen LogP contribution is 2.22. The zero-order valence-corrected chi connectivity index (χ0v) is 10.4. The van der Waals surface area contributed by atoms with Crippen molar-refractivity contribution < 1.29 is 19.8 Å². The second-order valence-corrected chi connectivity index (χ2v) is 5.08. The van der Waals surface area contributed by atoms with Crippen LogP contribution in [0, 0.1) is 5.92 Å². The summed E-state index contributed by atoms with van der Waals surface area (Å²) >= 11 is 0. The summed E-state index contributed by atoms with van der Waals surface area (Å²) in [6.07, 6.45) is 3.12. The van der Waals surface area contributed by atoms with Crippen LogP contribution in [0.4, 0.5) is 4.79 Å². The normalized spacial score (nSPS) is 28.5. The van der Waals surface area contributed by atoms with Gasteiger partial charge in [0.1, 0.15) is 0 Å².